The number of nitrogens with one attached hydrogen (secondary N) is 1. The van der Waals surface area contributed by atoms with E-state index in [1.165, 1.54) is 16.8 Å². The lowest BCUT2D eigenvalue weighted by Crippen LogP contribution is -2.24. The number of aryl methyl sites for hydroxylation is 1. The molecule has 0 spiro atoms. The Balaban J connectivity index is 2.89. The predicted octanol–water partition coefficient (Wildman–Crippen LogP) is 4.04. The molecule has 1 unspecified atom stereocenters. The Bertz CT molecular complexity index is 371. The fourth-order valence-electron chi connectivity index (χ4n) is 2.08. The second-order valence-corrected chi connectivity index (χ2v) is 4.72. The Labute approximate surface area is 112 Å². The molecule has 0 aliphatic carbocycles. The van der Waals surface area contributed by atoms with Crippen molar-refractivity contribution in [1.82, 2.24) is 10.3 Å². The van der Waals surface area contributed by atoms with Crippen molar-refractivity contribution in [2.75, 3.05) is 6.54 Å². The topological polar surface area (TPSA) is 24.9 Å². The van der Waals surface area contributed by atoms with E-state index in [9.17, 15) is 0 Å². The molecule has 100 valence electrons. The van der Waals surface area contributed by atoms with Gasteiger partial charge in [-0.3, -0.25) is 4.98 Å². The molecule has 0 fully saturated rings. The minimum absolute atomic E-state index is 0.313. The van der Waals surface area contributed by atoms with E-state index in [-0.39, 0.29) is 0 Å². The third-order valence-electron chi connectivity index (χ3n) is 3.27. The highest BCUT2D eigenvalue weighted by atomic mass is 14.9. The third-order valence-corrected chi connectivity index (χ3v) is 3.27. The van der Waals surface area contributed by atoms with Gasteiger partial charge in [0.2, 0.25) is 0 Å². The number of nitrogens with zero attached hydrogens (tertiary/aromatic N) is 1. The van der Waals surface area contributed by atoms with Crippen LogP contribution in [-0.4, -0.2) is 11.5 Å². The maximum atomic E-state index is 4.59. The molecule has 0 radical (unpaired) electrons. The molecule has 18 heavy (non-hydrogen) atoms. The average Bonchev–Trinajstić information content (AvgIpc) is 2.43. The van der Waals surface area contributed by atoms with Crippen molar-refractivity contribution in [2.24, 2.45) is 0 Å². The van der Waals surface area contributed by atoms with Crippen LogP contribution in [0.5, 0.6) is 0 Å². The van der Waals surface area contributed by atoms with Crippen LogP contribution in [0.25, 0.3) is 0 Å². The summed E-state index contributed by atoms with van der Waals surface area (Å²) in [6.45, 7) is 11.7. The van der Waals surface area contributed by atoms with Gasteiger partial charge in [0.1, 0.15) is 0 Å². The van der Waals surface area contributed by atoms with Crippen molar-refractivity contribution in [3.63, 3.8) is 0 Å². The molecule has 0 amide bonds. The monoisotopic (exact) mass is 246 g/mol. The summed E-state index contributed by atoms with van der Waals surface area (Å²) in [7, 11) is 0. The summed E-state index contributed by atoms with van der Waals surface area (Å²) in [6, 6.07) is 4.51. The van der Waals surface area contributed by atoms with Crippen molar-refractivity contribution < 1.29 is 0 Å². The molecule has 1 heterocycles. The highest BCUT2D eigenvalue weighted by Gasteiger charge is 2.15. The van der Waals surface area contributed by atoms with Crippen molar-refractivity contribution in [3.8, 4) is 0 Å². The van der Waals surface area contributed by atoms with Crippen LogP contribution < -0.4 is 5.32 Å². The van der Waals surface area contributed by atoms with E-state index in [0.717, 1.165) is 32.2 Å². The van der Waals surface area contributed by atoms with Crippen molar-refractivity contribution in [3.05, 3.63) is 41.7 Å². The van der Waals surface area contributed by atoms with Gasteiger partial charge in [-0.15, -0.1) is 0 Å². The van der Waals surface area contributed by atoms with Crippen molar-refractivity contribution in [2.45, 2.75) is 52.5 Å². The molecular formula is C16H26N2. The number of hydrogen-bond donors (Lipinski definition) is 1. The summed E-state index contributed by atoms with van der Waals surface area (Å²) in [6.07, 6.45) is 6.10. The summed E-state index contributed by atoms with van der Waals surface area (Å²) >= 11 is 0. The van der Waals surface area contributed by atoms with Gasteiger partial charge in [-0.1, -0.05) is 39.0 Å². The zero-order valence-electron chi connectivity index (χ0n) is 12.0. The first-order valence-corrected chi connectivity index (χ1v) is 7.06. The lowest BCUT2D eigenvalue weighted by atomic mass is 9.98. The molecule has 1 N–H and O–H groups in total. The largest absolute Gasteiger partial charge is 0.308 e. The molecule has 0 saturated heterocycles. The van der Waals surface area contributed by atoms with Crippen LogP contribution in [-0.2, 0) is 6.42 Å². The average molecular weight is 246 g/mol. The molecule has 1 rings (SSSR count). The van der Waals surface area contributed by atoms with Crippen LogP contribution in [0.4, 0.5) is 0 Å². The van der Waals surface area contributed by atoms with Crippen LogP contribution in [0, 0.1) is 0 Å². The fraction of sp³-hybridized carbons (Fsp3) is 0.562. The van der Waals surface area contributed by atoms with Gasteiger partial charge < -0.3 is 5.32 Å². The Morgan fingerprint density at radius 2 is 2.17 bits per heavy atom. The van der Waals surface area contributed by atoms with Crippen molar-refractivity contribution >= 4 is 0 Å². The predicted molar refractivity (Wildman–Crippen MR) is 78.7 cm³/mol. The highest BCUT2D eigenvalue weighted by Crippen LogP contribution is 2.23. The second kappa shape index (κ2) is 8.04. The van der Waals surface area contributed by atoms with Crippen molar-refractivity contribution in [1.29, 1.82) is 0 Å². The first kappa shape index (κ1) is 14.9. The highest BCUT2D eigenvalue weighted by molar-refractivity contribution is 5.24. The maximum Gasteiger partial charge on any atom is 0.0608 e. The molecular weight excluding hydrogens is 220 g/mol. The van der Waals surface area contributed by atoms with Crippen LogP contribution in [0.1, 0.15) is 57.3 Å². The lowest BCUT2D eigenvalue weighted by Gasteiger charge is -2.21. The maximum absolute atomic E-state index is 4.59. The summed E-state index contributed by atoms with van der Waals surface area (Å²) in [5, 5.41) is 3.60. The number of aromatic nitrogens is 1. The summed E-state index contributed by atoms with van der Waals surface area (Å²) in [5.74, 6) is 0. The molecule has 0 aliphatic rings. The molecule has 1 aromatic rings. The van der Waals surface area contributed by atoms with E-state index in [0.29, 0.717) is 6.04 Å². The normalized spacial score (nSPS) is 12.4. The van der Waals surface area contributed by atoms with Gasteiger partial charge in [0, 0.05) is 6.20 Å². The Kier molecular flexibility index (Phi) is 6.66. The minimum Gasteiger partial charge on any atom is -0.308 e. The van der Waals surface area contributed by atoms with Crippen LogP contribution in [0.3, 0.4) is 0 Å². The van der Waals surface area contributed by atoms with E-state index < -0.39 is 0 Å². The summed E-state index contributed by atoms with van der Waals surface area (Å²) < 4.78 is 0. The van der Waals surface area contributed by atoms with Crippen LogP contribution >= 0.6 is 0 Å². The number of rotatable bonds is 8. The van der Waals surface area contributed by atoms with Gasteiger partial charge in [-0.25, -0.2) is 0 Å². The molecule has 0 aromatic carbocycles. The minimum atomic E-state index is 0.313. The third kappa shape index (κ3) is 4.26. The standard InChI is InChI=1S/C16H26N2/c1-5-10-17-15(12-13(4)6-2)16-14(7-3)9-8-11-18-16/h8-9,11,15,17H,4-7,10,12H2,1-3H3. The Morgan fingerprint density at radius 3 is 2.78 bits per heavy atom. The van der Waals surface area contributed by atoms with Gasteiger partial charge in [0.25, 0.3) is 0 Å². The van der Waals surface area contributed by atoms with Crippen LogP contribution in [0.15, 0.2) is 30.5 Å². The van der Waals surface area contributed by atoms with Gasteiger partial charge in [-0.05, 0) is 43.9 Å². The van der Waals surface area contributed by atoms with E-state index in [4.69, 9.17) is 0 Å². The molecule has 0 bridgehead atoms. The second-order valence-electron chi connectivity index (χ2n) is 4.72. The van der Waals surface area contributed by atoms with E-state index in [2.05, 4.69) is 43.7 Å². The van der Waals surface area contributed by atoms with E-state index in [1.54, 1.807) is 0 Å². The summed E-state index contributed by atoms with van der Waals surface area (Å²) in [5.41, 5.74) is 3.83. The smallest absolute Gasteiger partial charge is 0.0608 e. The summed E-state index contributed by atoms with van der Waals surface area (Å²) in [4.78, 5) is 4.59. The number of hydrogen-bond acceptors (Lipinski definition) is 2. The van der Waals surface area contributed by atoms with Gasteiger partial charge in [-0.2, -0.15) is 0 Å². The lowest BCUT2D eigenvalue weighted by molar-refractivity contribution is 0.508. The van der Waals surface area contributed by atoms with Gasteiger partial charge in [0.05, 0.1) is 11.7 Å². The molecule has 2 heteroatoms. The Hall–Kier alpha value is -1.15. The first-order chi connectivity index (χ1) is 8.72. The first-order valence-electron chi connectivity index (χ1n) is 7.06. The quantitative estimate of drug-likeness (QED) is 0.700. The molecule has 1 atom stereocenters. The zero-order chi connectivity index (χ0) is 13.4. The fourth-order valence-corrected chi connectivity index (χ4v) is 2.08. The Morgan fingerprint density at radius 1 is 1.39 bits per heavy atom. The zero-order valence-corrected chi connectivity index (χ0v) is 12.0. The van der Waals surface area contributed by atoms with E-state index >= 15 is 0 Å². The van der Waals surface area contributed by atoms with Gasteiger partial charge in [0.15, 0.2) is 0 Å². The molecule has 0 saturated carbocycles. The number of pyridine rings is 1. The van der Waals surface area contributed by atoms with E-state index in [1.807, 2.05) is 12.3 Å². The SMILES string of the molecule is C=C(CC)CC(NCCC)c1ncccc1CC. The molecule has 0 aliphatic heterocycles. The molecule has 1 aromatic heterocycles. The van der Waals surface area contributed by atoms with Gasteiger partial charge >= 0.3 is 0 Å². The molecule has 2 nitrogen and oxygen atoms in total. The van der Waals surface area contributed by atoms with Crippen LogP contribution in [0.2, 0.25) is 0 Å².